The fourth-order valence-electron chi connectivity index (χ4n) is 3.83. The van der Waals surface area contributed by atoms with E-state index < -0.39 is 0 Å². The molecule has 0 saturated carbocycles. The number of hydrazone groups is 1. The third kappa shape index (κ3) is 5.80. The van der Waals surface area contributed by atoms with Crippen LogP contribution in [0.1, 0.15) is 22.8 Å². The van der Waals surface area contributed by atoms with E-state index in [9.17, 15) is 4.79 Å². The number of anilines is 2. The molecule has 0 radical (unpaired) electrons. The molecule has 184 valence electrons. The summed E-state index contributed by atoms with van der Waals surface area (Å²) in [5.41, 5.74) is 6.67. The van der Waals surface area contributed by atoms with Gasteiger partial charge in [-0.05, 0) is 60.8 Å². The Morgan fingerprint density at radius 1 is 1.00 bits per heavy atom. The van der Waals surface area contributed by atoms with Crippen LogP contribution < -0.4 is 15.5 Å². The van der Waals surface area contributed by atoms with E-state index in [0.717, 1.165) is 44.2 Å². The third-order valence-electron chi connectivity index (χ3n) is 5.63. The van der Waals surface area contributed by atoms with E-state index >= 15 is 0 Å². The number of hydrogen-bond acceptors (Lipinski definition) is 6. The van der Waals surface area contributed by atoms with Crippen LogP contribution in [0.4, 0.5) is 10.8 Å². The molecule has 0 saturated heterocycles. The van der Waals surface area contributed by atoms with Gasteiger partial charge in [-0.1, -0.05) is 48.0 Å². The molecule has 0 aliphatic heterocycles. The van der Waals surface area contributed by atoms with E-state index in [1.54, 1.807) is 18.3 Å². The summed E-state index contributed by atoms with van der Waals surface area (Å²) in [5.74, 6) is 0.536. The minimum Gasteiger partial charge on any atom is -0.493 e. The second kappa shape index (κ2) is 11.2. The number of halogens is 1. The number of ether oxygens (including phenoxy) is 1. The zero-order valence-corrected chi connectivity index (χ0v) is 21.5. The van der Waals surface area contributed by atoms with Crippen molar-refractivity contribution < 1.29 is 9.53 Å². The first-order valence-corrected chi connectivity index (χ1v) is 12.9. The van der Waals surface area contributed by atoms with Gasteiger partial charge in [-0.25, -0.2) is 10.4 Å². The van der Waals surface area contributed by atoms with Crippen LogP contribution in [0.3, 0.4) is 0 Å². The normalized spacial score (nSPS) is 11.1. The van der Waals surface area contributed by atoms with Gasteiger partial charge in [0.15, 0.2) is 5.13 Å². The molecular weight excluding hydrogens is 504 g/mol. The minimum atomic E-state index is -0.290. The van der Waals surface area contributed by atoms with E-state index in [1.807, 2.05) is 85.1 Å². The average molecular weight is 527 g/mol. The second-order valence-electron chi connectivity index (χ2n) is 8.08. The molecule has 8 heteroatoms. The highest BCUT2D eigenvalue weighted by Gasteiger charge is 2.09. The maximum absolute atomic E-state index is 12.6. The largest absolute Gasteiger partial charge is 0.493 e. The van der Waals surface area contributed by atoms with Crippen molar-refractivity contribution >= 4 is 56.7 Å². The van der Waals surface area contributed by atoms with E-state index in [-0.39, 0.29) is 5.91 Å². The van der Waals surface area contributed by atoms with Crippen molar-refractivity contribution in [1.82, 2.24) is 10.4 Å². The van der Waals surface area contributed by atoms with Crippen molar-refractivity contribution in [3.63, 3.8) is 0 Å². The number of benzene rings is 4. The lowest BCUT2D eigenvalue weighted by molar-refractivity contribution is 0.0955. The number of amides is 1. The molecule has 5 aromatic rings. The maximum atomic E-state index is 12.6. The van der Waals surface area contributed by atoms with Crippen molar-refractivity contribution in [1.29, 1.82) is 0 Å². The molecule has 37 heavy (non-hydrogen) atoms. The summed E-state index contributed by atoms with van der Waals surface area (Å²) in [6.45, 7) is 2.55. The molecule has 6 nitrogen and oxygen atoms in total. The minimum absolute atomic E-state index is 0.290. The summed E-state index contributed by atoms with van der Waals surface area (Å²) in [6.07, 6.45) is 1.65. The Balaban J connectivity index is 1.24. The summed E-state index contributed by atoms with van der Waals surface area (Å²) < 4.78 is 5.72. The van der Waals surface area contributed by atoms with Crippen molar-refractivity contribution in [3.05, 3.63) is 106 Å². The molecule has 0 aliphatic rings. The second-order valence-corrected chi connectivity index (χ2v) is 9.37. The van der Waals surface area contributed by atoms with Crippen molar-refractivity contribution in [2.24, 2.45) is 5.10 Å². The van der Waals surface area contributed by atoms with Crippen LogP contribution in [-0.2, 0) is 0 Å². The van der Waals surface area contributed by atoms with Gasteiger partial charge in [0.05, 0.1) is 18.5 Å². The van der Waals surface area contributed by atoms with Crippen LogP contribution >= 0.6 is 22.9 Å². The lowest BCUT2D eigenvalue weighted by atomic mass is 10.0. The smallest absolute Gasteiger partial charge is 0.271 e. The number of nitrogens with zero attached hydrogens (tertiary/aromatic N) is 2. The maximum Gasteiger partial charge on any atom is 0.271 e. The fraction of sp³-hybridized carbons (Fsp3) is 0.0690. The molecule has 1 heterocycles. The monoisotopic (exact) mass is 526 g/mol. The first-order chi connectivity index (χ1) is 18.1. The molecular formula is C29H23ClN4O2S. The van der Waals surface area contributed by atoms with Gasteiger partial charge in [-0.2, -0.15) is 5.10 Å². The number of nitrogens with one attached hydrogen (secondary N) is 2. The van der Waals surface area contributed by atoms with Crippen LogP contribution in [0.5, 0.6) is 5.75 Å². The van der Waals surface area contributed by atoms with E-state index in [4.69, 9.17) is 16.3 Å². The predicted molar refractivity (Wildman–Crippen MR) is 152 cm³/mol. The number of rotatable bonds is 8. The van der Waals surface area contributed by atoms with Gasteiger partial charge < -0.3 is 10.1 Å². The van der Waals surface area contributed by atoms with Crippen LogP contribution in [0.15, 0.2) is 95.4 Å². The van der Waals surface area contributed by atoms with Gasteiger partial charge in [0.25, 0.3) is 5.91 Å². The number of carbonyl (C=O) groups is 1. The third-order valence-corrected chi connectivity index (χ3v) is 6.64. The molecule has 5 rings (SSSR count). The molecule has 0 atom stereocenters. The lowest BCUT2D eigenvalue weighted by Crippen LogP contribution is -2.17. The summed E-state index contributed by atoms with van der Waals surface area (Å²) >= 11 is 7.45. The Morgan fingerprint density at radius 3 is 2.51 bits per heavy atom. The summed E-state index contributed by atoms with van der Waals surface area (Å²) in [4.78, 5) is 17.3. The SMILES string of the molecule is CCOc1ccc(/C=N\NC(=O)c2ccc(-c3csc(Nc4ccc(Cl)cc4)n3)cc2)c2ccccc12. The van der Waals surface area contributed by atoms with E-state index in [2.05, 4.69) is 20.8 Å². The van der Waals surface area contributed by atoms with Crippen LogP contribution in [0.25, 0.3) is 22.0 Å². The van der Waals surface area contributed by atoms with Crippen molar-refractivity contribution in [3.8, 4) is 17.0 Å². The molecule has 0 spiro atoms. The van der Waals surface area contributed by atoms with Crippen molar-refractivity contribution in [2.75, 3.05) is 11.9 Å². The summed E-state index contributed by atoms with van der Waals surface area (Å²) in [5, 5.41) is 12.9. The molecule has 1 aromatic heterocycles. The zero-order chi connectivity index (χ0) is 25.6. The average Bonchev–Trinajstić information content (AvgIpc) is 3.40. The Hall–Kier alpha value is -4.20. The van der Waals surface area contributed by atoms with Gasteiger partial charge in [0.1, 0.15) is 5.75 Å². The number of carbonyl (C=O) groups excluding carboxylic acids is 1. The number of hydrogen-bond donors (Lipinski definition) is 2. The molecule has 0 aliphatic carbocycles. The zero-order valence-electron chi connectivity index (χ0n) is 19.9. The van der Waals surface area contributed by atoms with Gasteiger partial charge >= 0.3 is 0 Å². The Morgan fingerprint density at radius 2 is 1.76 bits per heavy atom. The first-order valence-electron chi connectivity index (χ1n) is 11.7. The fourth-order valence-corrected chi connectivity index (χ4v) is 4.69. The molecule has 1 amide bonds. The quantitative estimate of drug-likeness (QED) is 0.162. The molecule has 2 N–H and O–H groups in total. The predicted octanol–water partition coefficient (Wildman–Crippen LogP) is 7.52. The standard InChI is InChI=1S/C29H23ClN4O2S/c1-2-36-27-16-11-21(24-5-3-4-6-25(24)27)17-31-34-28(35)20-9-7-19(8-10-20)26-18-37-29(33-26)32-23-14-12-22(30)13-15-23/h3-18H,2H2,1H3,(H,32,33)(H,34,35)/b31-17-. The summed E-state index contributed by atoms with van der Waals surface area (Å²) in [7, 11) is 0. The van der Waals surface area contributed by atoms with Crippen molar-refractivity contribution in [2.45, 2.75) is 6.92 Å². The number of aromatic nitrogens is 1. The van der Waals surface area contributed by atoms with Gasteiger partial charge in [0.2, 0.25) is 0 Å². The highest BCUT2D eigenvalue weighted by molar-refractivity contribution is 7.14. The van der Waals surface area contributed by atoms with Gasteiger partial charge in [-0.3, -0.25) is 4.79 Å². The van der Waals surface area contributed by atoms with Crippen LogP contribution in [-0.4, -0.2) is 23.7 Å². The molecule has 0 fully saturated rings. The molecule has 4 aromatic carbocycles. The van der Waals surface area contributed by atoms with Crippen LogP contribution in [0, 0.1) is 0 Å². The first kappa shape index (κ1) is 24.5. The number of fused-ring (bicyclic) bond motifs is 1. The number of thiazole rings is 1. The van der Waals surface area contributed by atoms with Crippen LogP contribution in [0.2, 0.25) is 5.02 Å². The molecule has 0 unspecified atom stereocenters. The molecule has 0 bridgehead atoms. The topological polar surface area (TPSA) is 75.6 Å². The van der Waals surface area contributed by atoms with Gasteiger partial charge in [0, 0.05) is 38.2 Å². The lowest BCUT2D eigenvalue weighted by Gasteiger charge is -2.09. The Kier molecular flexibility index (Phi) is 7.44. The Labute approximate surface area is 223 Å². The van der Waals surface area contributed by atoms with E-state index in [1.165, 1.54) is 11.3 Å². The highest BCUT2D eigenvalue weighted by Crippen LogP contribution is 2.29. The highest BCUT2D eigenvalue weighted by atomic mass is 35.5. The summed E-state index contributed by atoms with van der Waals surface area (Å²) in [6, 6.07) is 26.5. The Bertz CT molecular complexity index is 1560. The van der Waals surface area contributed by atoms with E-state index in [0.29, 0.717) is 17.2 Å². The van der Waals surface area contributed by atoms with Gasteiger partial charge in [-0.15, -0.1) is 11.3 Å².